The van der Waals surface area contributed by atoms with Crippen LogP contribution in [0.3, 0.4) is 0 Å². The smallest absolute Gasteiger partial charge is 0.340 e. The fourth-order valence-electron chi connectivity index (χ4n) is 1.83. The number of aliphatic hydroxyl groups excluding tert-OH is 1. The van der Waals surface area contributed by atoms with Gasteiger partial charge in [-0.25, -0.2) is 4.79 Å². The molecule has 0 radical (unpaired) electrons. The number of ether oxygens (including phenoxy) is 1. The monoisotopic (exact) mass is 259 g/mol. The van der Waals surface area contributed by atoms with Gasteiger partial charge in [0, 0.05) is 17.1 Å². The molecule has 2 aromatic rings. The predicted molar refractivity (Wildman–Crippen MR) is 72.5 cm³/mol. The Morgan fingerprint density at radius 3 is 2.63 bits per heavy atom. The van der Waals surface area contributed by atoms with Crippen molar-refractivity contribution in [1.29, 1.82) is 0 Å². The van der Waals surface area contributed by atoms with Crippen LogP contribution < -0.4 is 0 Å². The van der Waals surface area contributed by atoms with Crippen molar-refractivity contribution in [2.75, 3.05) is 0 Å². The lowest BCUT2D eigenvalue weighted by molar-refractivity contribution is -0.165. The molecule has 0 amide bonds. The molecule has 0 aliphatic carbocycles. The summed E-state index contributed by atoms with van der Waals surface area (Å²) < 4.78 is 5.19. The number of hydrogen-bond donors (Lipinski definition) is 1. The fourth-order valence-corrected chi connectivity index (χ4v) is 1.83. The molecule has 0 aliphatic heterocycles. The van der Waals surface area contributed by atoms with E-state index in [-0.39, 0.29) is 0 Å². The average molecular weight is 259 g/mol. The third-order valence-electron chi connectivity index (χ3n) is 2.59. The normalized spacial score (nSPS) is 13.3. The van der Waals surface area contributed by atoms with E-state index in [9.17, 15) is 9.90 Å². The van der Waals surface area contributed by atoms with E-state index in [2.05, 4.69) is 4.98 Å². The lowest BCUT2D eigenvalue weighted by atomic mass is 10.0. The van der Waals surface area contributed by atoms with E-state index in [0.717, 1.165) is 5.39 Å². The molecular weight excluding hydrogens is 242 g/mol. The van der Waals surface area contributed by atoms with E-state index in [0.29, 0.717) is 11.1 Å². The number of carbonyl (C=O) groups is 1. The van der Waals surface area contributed by atoms with E-state index in [1.807, 2.05) is 18.2 Å². The Morgan fingerprint density at radius 1 is 1.26 bits per heavy atom. The molecule has 1 aromatic carbocycles. The van der Waals surface area contributed by atoms with Gasteiger partial charge in [-0.05, 0) is 26.8 Å². The molecule has 0 bridgehead atoms. The molecule has 1 heterocycles. The maximum Gasteiger partial charge on any atom is 0.340 e. The van der Waals surface area contributed by atoms with Crippen molar-refractivity contribution in [1.82, 2.24) is 4.98 Å². The summed E-state index contributed by atoms with van der Waals surface area (Å²) in [4.78, 5) is 16.1. The zero-order chi connectivity index (χ0) is 14.0. The minimum absolute atomic E-state index is 0.465. The standard InChI is InChI=1S/C15H17NO3/c1-15(2,3)19-14(18)13(17)11-8-4-6-10-7-5-9-16-12(10)11/h4-9,13,17H,1-3H3/t13-/m1/s1. The topological polar surface area (TPSA) is 59.4 Å². The second-order valence-corrected chi connectivity index (χ2v) is 5.36. The van der Waals surface area contributed by atoms with Crippen molar-refractivity contribution in [3.05, 3.63) is 42.1 Å². The first-order chi connectivity index (χ1) is 8.88. The summed E-state index contributed by atoms with van der Waals surface area (Å²) in [6, 6.07) is 9.05. The SMILES string of the molecule is CC(C)(C)OC(=O)[C@H](O)c1cccc2cccnc12. The highest BCUT2D eigenvalue weighted by Crippen LogP contribution is 2.24. The molecule has 0 spiro atoms. The molecule has 1 atom stereocenters. The van der Waals surface area contributed by atoms with Gasteiger partial charge in [-0.3, -0.25) is 4.98 Å². The number of benzene rings is 1. The summed E-state index contributed by atoms with van der Waals surface area (Å²) in [6.07, 6.45) is 0.311. The van der Waals surface area contributed by atoms with Crippen LogP contribution in [0.5, 0.6) is 0 Å². The summed E-state index contributed by atoms with van der Waals surface area (Å²) in [5, 5.41) is 11.0. The number of hydrogen-bond acceptors (Lipinski definition) is 4. The fraction of sp³-hybridized carbons (Fsp3) is 0.333. The first-order valence-corrected chi connectivity index (χ1v) is 6.13. The Balaban J connectivity index is 2.36. The number of carbonyl (C=O) groups excluding carboxylic acids is 1. The van der Waals surface area contributed by atoms with Crippen LogP contribution >= 0.6 is 0 Å². The first-order valence-electron chi connectivity index (χ1n) is 6.13. The van der Waals surface area contributed by atoms with Gasteiger partial charge in [0.15, 0.2) is 6.10 Å². The van der Waals surface area contributed by atoms with Crippen molar-refractivity contribution >= 4 is 16.9 Å². The van der Waals surface area contributed by atoms with Crippen molar-refractivity contribution in [2.24, 2.45) is 0 Å². The molecule has 1 N–H and O–H groups in total. The molecule has 0 unspecified atom stereocenters. The van der Waals surface area contributed by atoms with Gasteiger partial charge in [0.05, 0.1) is 5.52 Å². The van der Waals surface area contributed by atoms with Gasteiger partial charge in [-0.2, -0.15) is 0 Å². The molecule has 100 valence electrons. The van der Waals surface area contributed by atoms with Crippen LogP contribution in [0.25, 0.3) is 10.9 Å². The van der Waals surface area contributed by atoms with Crippen molar-refractivity contribution < 1.29 is 14.6 Å². The summed E-state index contributed by atoms with van der Waals surface area (Å²) in [5.41, 5.74) is 0.450. The van der Waals surface area contributed by atoms with Crippen LogP contribution in [0.2, 0.25) is 0 Å². The molecular formula is C15H17NO3. The number of aliphatic hydroxyl groups is 1. The van der Waals surface area contributed by atoms with Crippen molar-refractivity contribution in [2.45, 2.75) is 32.5 Å². The van der Waals surface area contributed by atoms with E-state index in [1.54, 1.807) is 39.1 Å². The van der Waals surface area contributed by atoms with E-state index in [1.165, 1.54) is 0 Å². The highest BCUT2D eigenvalue weighted by Gasteiger charge is 2.26. The molecule has 0 fully saturated rings. The quantitative estimate of drug-likeness (QED) is 0.842. The van der Waals surface area contributed by atoms with Gasteiger partial charge >= 0.3 is 5.97 Å². The molecule has 0 saturated heterocycles. The van der Waals surface area contributed by atoms with E-state index in [4.69, 9.17) is 4.74 Å². The molecule has 0 saturated carbocycles. The zero-order valence-corrected chi connectivity index (χ0v) is 11.3. The number of nitrogens with zero attached hydrogens (tertiary/aromatic N) is 1. The lowest BCUT2D eigenvalue weighted by Crippen LogP contribution is -2.27. The maximum atomic E-state index is 11.9. The van der Waals surface area contributed by atoms with Crippen molar-refractivity contribution in [3.63, 3.8) is 0 Å². The van der Waals surface area contributed by atoms with Crippen LogP contribution in [0.1, 0.15) is 32.4 Å². The Hall–Kier alpha value is -1.94. The summed E-state index contributed by atoms with van der Waals surface area (Å²) in [6.45, 7) is 5.29. The minimum Gasteiger partial charge on any atom is -0.458 e. The summed E-state index contributed by atoms with van der Waals surface area (Å²) in [5.74, 6) is -0.661. The van der Waals surface area contributed by atoms with Gasteiger partial charge in [-0.15, -0.1) is 0 Å². The highest BCUT2D eigenvalue weighted by molar-refractivity contribution is 5.87. The molecule has 19 heavy (non-hydrogen) atoms. The first kappa shape index (κ1) is 13.5. The van der Waals surface area contributed by atoms with Gasteiger partial charge in [-0.1, -0.05) is 24.3 Å². The van der Waals surface area contributed by atoms with Crippen LogP contribution in [-0.4, -0.2) is 21.7 Å². The van der Waals surface area contributed by atoms with Gasteiger partial charge < -0.3 is 9.84 Å². The second kappa shape index (κ2) is 4.97. The number of aromatic nitrogens is 1. The van der Waals surface area contributed by atoms with Gasteiger partial charge in [0.25, 0.3) is 0 Å². The molecule has 0 aliphatic rings. The predicted octanol–water partition coefficient (Wildman–Crippen LogP) is 2.61. The van der Waals surface area contributed by atoms with Crippen LogP contribution in [-0.2, 0) is 9.53 Å². The summed E-state index contributed by atoms with van der Waals surface area (Å²) >= 11 is 0. The highest BCUT2D eigenvalue weighted by atomic mass is 16.6. The van der Waals surface area contributed by atoms with Gasteiger partial charge in [0.1, 0.15) is 5.60 Å². The van der Waals surface area contributed by atoms with Gasteiger partial charge in [0.2, 0.25) is 0 Å². The maximum absolute atomic E-state index is 11.9. The van der Waals surface area contributed by atoms with Crippen molar-refractivity contribution in [3.8, 4) is 0 Å². The Morgan fingerprint density at radius 2 is 1.95 bits per heavy atom. The minimum atomic E-state index is -1.32. The van der Waals surface area contributed by atoms with E-state index >= 15 is 0 Å². The lowest BCUT2D eigenvalue weighted by Gasteiger charge is -2.22. The van der Waals surface area contributed by atoms with Crippen LogP contribution in [0.15, 0.2) is 36.5 Å². The largest absolute Gasteiger partial charge is 0.458 e. The Labute approximate surface area is 112 Å². The third-order valence-corrected chi connectivity index (χ3v) is 2.59. The van der Waals surface area contributed by atoms with Crippen LogP contribution in [0.4, 0.5) is 0 Å². The van der Waals surface area contributed by atoms with E-state index < -0.39 is 17.7 Å². The molecule has 1 aromatic heterocycles. The number of para-hydroxylation sites is 1. The molecule has 4 nitrogen and oxygen atoms in total. The van der Waals surface area contributed by atoms with Crippen LogP contribution in [0, 0.1) is 0 Å². The number of esters is 1. The molecule has 2 rings (SSSR count). The molecule has 4 heteroatoms. The summed E-state index contributed by atoms with van der Waals surface area (Å²) in [7, 11) is 0. The Bertz CT molecular complexity index is 596. The number of fused-ring (bicyclic) bond motifs is 1. The second-order valence-electron chi connectivity index (χ2n) is 5.36. The zero-order valence-electron chi connectivity index (χ0n) is 11.3. The number of pyridine rings is 1. The average Bonchev–Trinajstić information content (AvgIpc) is 2.35. The third kappa shape index (κ3) is 3.09. The number of rotatable bonds is 2. The Kier molecular flexibility index (Phi) is 3.53.